The number of aromatic nitrogens is 2. The largest absolute Gasteiger partial charge is 0.481 e. The molecule has 2 aliphatic rings. The maximum atomic E-state index is 11.2. The third kappa shape index (κ3) is 2.91. The molecule has 1 aliphatic carbocycles. The Kier molecular flexibility index (Phi) is 3.91. The van der Waals surface area contributed by atoms with Gasteiger partial charge in [0.1, 0.15) is 6.10 Å². The SMILES string of the molecule is Cc1nc(C2CN(C)CCO2)nc2c1CC(C(=O)O)CC2. The molecular formula is C15H21N3O3. The standard InChI is InChI=1S/C15H21N3O3/c1-9-11-7-10(15(19)20)3-4-12(11)17-14(16-9)13-8-18(2)5-6-21-13/h10,13H,3-8H2,1-2H3,(H,19,20). The number of nitrogens with zero attached hydrogens (tertiary/aromatic N) is 3. The van der Waals surface area contributed by atoms with Crippen LogP contribution in [-0.2, 0) is 22.4 Å². The molecule has 2 heterocycles. The lowest BCUT2D eigenvalue weighted by Gasteiger charge is -2.30. The smallest absolute Gasteiger partial charge is 0.306 e. The predicted octanol–water partition coefficient (Wildman–Crippen LogP) is 0.978. The molecule has 1 N–H and O–H groups in total. The van der Waals surface area contributed by atoms with E-state index in [2.05, 4.69) is 21.9 Å². The molecule has 1 aromatic rings. The van der Waals surface area contributed by atoms with Gasteiger partial charge in [0.25, 0.3) is 0 Å². The number of ether oxygens (including phenoxy) is 1. The summed E-state index contributed by atoms with van der Waals surface area (Å²) < 4.78 is 5.78. The van der Waals surface area contributed by atoms with Crippen molar-refractivity contribution in [2.45, 2.75) is 32.3 Å². The lowest BCUT2D eigenvalue weighted by molar-refractivity contribution is -0.142. The van der Waals surface area contributed by atoms with Gasteiger partial charge in [-0.25, -0.2) is 9.97 Å². The Labute approximate surface area is 124 Å². The average molecular weight is 291 g/mol. The van der Waals surface area contributed by atoms with Gasteiger partial charge in [-0.05, 0) is 38.8 Å². The zero-order valence-corrected chi connectivity index (χ0v) is 12.5. The molecule has 3 rings (SSSR count). The minimum Gasteiger partial charge on any atom is -0.481 e. The minimum atomic E-state index is -0.721. The van der Waals surface area contributed by atoms with Gasteiger partial charge in [0.15, 0.2) is 5.82 Å². The highest BCUT2D eigenvalue weighted by atomic mass is 16.5. The number of morpholine rings is 1. The van der Waals surface area contributed by atoms with Gasteiger partial charge >= 0.3 is 5.97 Å². The maximum absolute atomic E-state index is 11.2. The molecule has 6 nitrogen and oxygen atoms in total. The zero-order chi connectivity index (χ0) is 15.0. The monoisotopic (exact) mass is 291 g/mol. The first-order valence-corrected chi connectivity index (χ1v) is 7.44. The van der Waals surface area contributed by atoms with Crippen LogP contribution in [-0.4, -0.2) is 52.7 Å². The van der Waals surface area contributed by atoms with E-state index in [1.807, 2.05) is 6.92 Å². The van der Waals surface area contributed by atoms with Crippen molar-refractivity contribution in [3.8, 4) is 0 Å². The molecule has 2 atom stereocenters. The van der Waals surface area contributed by atoms with Crippen molar-refractivity contribution < 1.29 is 14.6 Å². The Morgan fingerprint density at radius 2 is 2.24 bits per heavy atom. The van der Waals surface area contributed by atoms with Gasteiger partial charge in [0.05, 0.1) is 12.5 Å². The van der Waals surface area contributed by atoms with E-state index < -0.39 is 5.97 Å². The van der Waals surface area contributed by atoms with Crippen LogP contribution >= 0.6 is 0 Å². The van der Waals surface area contributed by atoms with Gasteiger partial charge in [-0.15, -0.1) is 0 Å². The summed E-state index contributed by atoms with van der Waals surface area (Å²) in [6, 6.07) is 0. The number of hydrogen-bond acceptors (Lipinski definition) is 5. The maximum Gasteiger partial charge on any atom is 0.306 e. The van der Waals surface area contributed by atoms with E-state index in [1.165, 1.54) is 0 Å². The molecule has 1 saturated heterocycles. The number of carboxylic acids is 1. The molecule has 2 unspecified atom stereocenters. The first kappa shape index (κ1) is 14.4. The van der Waals surface area contributed by atoms with E-state index in [0.29, 0.717) is 25.9 Å². The molecule has 1 fully saturated rings. The van der Waals surface area contributed by atoms with Crippen molar-refractivity contribution in [3.63, 3.8) is 0 Å². The Balaban J connectivity index is 1.86. The second kappa shape index (κ2) is 5.69. The van der Waals surface area contributed by atoms with Crippen LogP contribution in [0.25, 0.3) is 0 Å². The minimum absolute atomic E-state index is 0.0788. The molecule has 0 spiro atoms. The van der Waals surface area contributed by atoms with Gasteiger partial charge in [0.2, 0.25) is 0 Å². The molecule has 0 saturated carbocycles. The lowest BCUT2D eigenvalue weighted by atomic mass is 9.86. The normalized spacial score (nSPS) is 26.4. The average Bonchev–Trinajstić information content (AvgIpc) is 2.46. The van der Waals surface area contributed by atoms with E-state index in [9.17, 15) is 9.90 Å². The summed E-state index contributed by atoms with van der Waals surface area (Å²) in [5, 5.41) is 9.18. The Morgan fingerprint density at radius 1 is 1.43 bits per heavy atom. The van der Waals surface area contributed by atoms with Crippen molar-refractivity contribution in [1.82, 2.24) is 14.9 Å². The highest BCUT2D eigenvalue weighted by molar-refractivity contribution is 5.71. The number of carbonyl (C=O) groups is 1. The van der Waals surface area contributed by atoms with Crippen LogP contribution in [0.3, 0.4) is 0 Å². The number of aliphatic carboxylic acids is 1. The highest BCUT2D eigenvalue weighted by Crippen LogP contribution is 2.28. The quantitative estimate of drug-likeness (QED) is 0.875. The van der Waals surface area contributed by atoms with Crippen molar-refractivity contribution in [1.29, 1.82) is 0 Å². The van der Waals surface area contributed by atoms with Gasteiger partial charge in [-0.2, -0.15) is 0 Å². The number of rotatable bonds is 2. The summed E-state index contributed by atoms with van der Waals surface area (Å²) in [6.45, 7) is 4.37. The van der Waals surface area contributed by atoms with Crippen LogP contribution in [0.4, 0.5) is 0 Å². The second-order valence-corrected chi connectivity index (χ2v) is 5.99. The first-order chi connectivity index (χ1) is 10.0. The number of fused-ring (bicyclic) bond motifs is 1. The van der Waals surface area contributed by atoms with Gasteiger partial charge < -0.3 is 14.7 Å². The molecule has 0 bridgehead atoms. The van der Waals surface area contributed by atoms with Gasteiger partial charge in [-0.1, -0.05) is 0 Å². The topological polar surface area (TPSA) is 75.5 Å². The summed E-state index contributed by atoms with van der Waals surface area (Å²) in [7, 11) is 2.07. The molecule has 1 aliphatic heterocycles. The van der Waals surface area contributed by atoms with Crippen LogP contribution in [0.15, 0.2) is 0 Å². The summed E-state index contributed by atoms with van der Waals surface area (Å²) >= 11 is 0. The second-order valence-electron chi connectivity index (χ2n) is 5.99. The first-order valence-electron chi connectivity index (χ1n) is 7.44. The van der Waals surface area contributed by atoms with E-state index in [0.717, 1.165) is 35.9 Å². The fourth-order valence-corrected chi connectivity index (χ4v) is 3.10. The van der Waals surface area contributed by atoms with E-state index in [4.69, 9.17) is 4.74 Å². The van der Waals surface area contributed by atoms with Crippen LogP contribution in [0.1, 0.15) is 35.3 Å². The van der Waals surface area contributed by atoms with Gasteiger partial charge in [-0.3, -0.25) is 4.79 Å². The number of aryl methyl sites for hydroxylation is 2. The third-order valence-corrected chi connectivity index (χ3v) is 4.40. The Hall–Kier alpha value is -1.53. The highest BCUT2D eigenvalue weighted by Gasteiger charge is 2.29. The van der Waals surface area contributed by atoms with Crippen LogP contribution < -0.4 is 0 Å². The van der Waals surface area contributed by atoms with Crippen molar-refractivity contribution in [3.05, 3.63) is 22.8 Å². The fourth-order valence-electron chi connectivity index (χ4n) is 3.10. The van der Waals surface area contributed by atoms with Crippen LogP contribution in [0.2, 0.25) is 0 Å². The molecule has 1 aromatic heterocycles. The molecule has 0 amide bonds. The van der Waals surface area contributed by atoms with Gasteiger partial charge in [0, 0.05) is 24.5 Å². The van der Waals surface area contributed by atoms with E-state index >= 15 is 0 Å². The number of carboxylic acid groups (broad SMARTS) is 1. The number of likely N-dealkylation sites (N-methyl/N-ethyl adjacent to an activating group) is 1. The van der Waals surface area contributed by atoms with Crippen molar-refractivity contribution in [2.24, 2.45) is 5.92 Å². The molecule has 6 heteroatoms. The van der Waals surface area contributed by atoms with Crippen molar-refractivity contribution in [2.75, 3.05) is 26.7 Å². The zero-order valence-electron chi connectivity index (χ0n) is 12.5. The van der Waals surface area contributed by atoms with Crippen LogP contribution in [0, 0.1) is 12.8 Å². The van der Waals surface area contributed by atoms with E-state index in [-0.39, 0.29) is 12.0 Å². The molecule has 0 radical (unpaired) electrons. The molecule has 114 valence electrons. The molecule has 21 heavy (non-hydrogen) atoms. The third-order valence-electron chi connectivity index (χ3n) is 4.40. The summed E-state index contributed by atoms with van der Waals surface area (Å²) in [6.07, 6.45) is 1.84. The molecular weight excluding hydrogens is 270 g/mol. The summed E-state index contributed by atoms with van der Waals surface area (Å²) in [5.41, 5.74) is 2.92. The fraction of sp³-hybridized carbons (Fsp3) is 0.667. The Morgan fingerprint density at radius 3 is 2.95 bits per heavy atom. The lowest BCUT2D eigenvalue weighted by Crippen LogP contribution is -2.36. The predicted molar refractivity (Wildman–Crippen MR) is 76.1 cm³/mol. The van der Waals surface area contributed by atoms with Crippen LogP contribution in [0.5, 0.6) is 0 Å². The van der Waals surface area contributed by atoms with Crippen molar-refractivity contribution >= 4 is 5.97 Å². The summed E-state index contributed by atoms with van der Waals surface area (Å²) in [5.74, 6) is -0.282. The number of hydrogen-bond donors (Lipinski definition) is 1. The molecule has 0 aromatic carbocycles. The van der Waals surface area contributed by atoms with E-state index in [1.54, 1.807) is 0 Å². The Bertz CT molecular complexity index is 561. The summed E-state index contributed by atoms with van der Waals surface area (Å²) in [4.78, 5) is 22.6.